The second-order valence-electron chi connectivity index (χ2n) is 6.51. The van der Waals surface area contributed by atoms with Crippen molar-refractivity contribution in [3.8, 4) is 5.75 Å². The average Bonchev–Trinajstić information content (AvgIpc) is 2.68. The minimum atomic E-state index is -3.42. The van der Waals surface area contributed by atoms with Crippen LogP contribution in [0, 0.1) is 0 Å². The van der Waals surface area contributed by atoms with E-state index < -0.39 is 10.0 Å². The Morgan fingerprint density at radius 3 is 2.56 bits per heavy atom. The lowest BCUT2D eigenvalue weighted by Gasteiger charge is -2.22. The Kier molecular flexibility index (Phi) is 6.28. The molecule has 1 aromatic carbocycles. The highest BCUT2D eigenvalue weighted by atomic mass is 32.2. The van der Waals surface area contributed by atoms with Gasteiger partial charge in [-0.2, -0.15) is 0 Å². The Labute approximate surface area is 159 Å². The van der Waals surface area contributed by atoms with Crippen LogP contribution in [-0.4, -0.2) is 31.2 Å². The van der Waals surface area contributed by atoms with Gasteiger partial charge in [0.25, 0.3) is 5.91 Å². The van der Waals surface area contributed by atoms with Gasteiger partial charge in [-0.05, 0) is 37.1 Å². The lowest BCUT2D eigenvalue weighted by molar-refractivity contribution is -0.118. The molecule has 27 heavy (non-hydrogen) atoms. The monoisotopic (exact) mass is 389 g/mol. The van der Waals surface area contributed by atoms with Crippen LogP contribution in [0.5, 0.6) is 5.75 Å². The van der Waals surface area contributed by atoms with Crippen molar-refractivity contribution >= 4 is 27.3 Å². The van der Waals surface area contributed by atoms with Gasteiger partial charge in [0.1, 0.15) is 5.75 Å². The Morgan fingerprint density at radius 1 is 1.07 bits per heavy atom. The SMILES string of the molecule is O=C(COc1cccc(NS(=O)(=O)C2CCCCC2)c1)Nc1ccncc1. The van der Waals surface area contributed by atoms with Crippen molar-refractivity contribution in [2.24, 2.45) is 0 Å². The fourth-order valence-corrected chi connectivity index (χ4v) is 4.63. The number of rotatable bonds is 7. The molecule has 2 aromatic rings. The Hall–Kier alpha value is -2.61. The largest absolute Gasteiger partial charge is 0.484 e. The molecule has 2 N–H and O–H groups in total. The van der Waals surface area contributed by atoms with Crippen LogP contribution in [0.15, 0.2) is 48.8 Å². The number of pyridine rings is 1. The minimum Gasteiger partial charge on any atom is -0.484 e. The van der Waals surface area contributed by atoms with E-state index in [1.165, 1.54) is 0 Å². The number of carbonyl (C=O) groups excluding carboxylic acids is 1. The number of hydrogen-bond acceptors (Lipinski definition) is 5. The van der Waals surface area contributed by atoms with E-state index in [9.17, 15) is 13.2 Å². The van der Waals surface area contributed by atoms with E-state index in [0.717, 1.165) is 19.3 Å². The second-order valence-corrected chi connectivity index (χ2v) is 8.47. The van der Waals surface area contributed by atoms with Gasteiger partial charge in [0.05, 0.1) is 10.9 Å². The van der Waals surface area contributed by atoms with Crippen LogP contribution in [0.25, 0.3) is 0 Å². The smallest absolute Gasteiger partial charge is 0.262 e. The van der Waals surface area contributed by atoms with Gasteiger partial charge < -0.3 is 10.1 Å². The molecule has 1 aliphatic carbocycles. The molecule has 144 valence electrons. The van der Waals surface area contributed by atoms with Crippen LogP contribution in [0.3, 0.4) is 0 Å². The first kappa shape index (κ1) is 19.2. The first-order valence-electron chi connectivity index (χ1n) is 8.97. The number of amides is 1. The molecule has 8 heteroatoms. The predicted octanol–water partition coefficient (Wildman–Crippen LogP) is 3.17. The summed E-state index contributed by atoms with van der Waals surface area (Å²) in [6.07, 6.45) is 7.54. The number of nitrogens with zero attached hydrogens (tertiary/aromatic N) is 1. The maximum Gasteiger partial charge on any atom is 0.262 e. The van der Waals surface area contributed by atoms with Gasteiger partial charge in [-0.25, -0.2) is 8.42 Å². The third-order valence-corrected chi connectivity index (χ3v) is 6.29. The highest BCUT2D eigenvalue weighted by Crippen LogP contribution is 2.26. The van der Waals surface area contributed by atoms with Crippen LogP contribution in [0.2, 0.25) is 0 Å². The summed E-state index contributed by atoms with van der Waals surface area (Å²) in [4.78, 5) is 15.8. The zero-order valence-corrected chi connectivity index (χ0v) is 15.7. The lowest BCUT2D eigenvalue weighted by Crippen LogP contribution is -2.29. The number of nitrogens with one attached hydrogen (secondary N) is 2. The maximum atomic E-state index is 12.5. The number of benzene rings is 1. The molecule has 1 heterocycles. The van der Waals surface area contributed by atoms with Crippen molar-refractivity contribution in [1.82, 2.24) is 4.98 Å². The molecule has 3 rings (SSSR count). The van der Waals surface area contributed by atoms with Gasteiger partial charge in [0.15, 0.2) is 6.61 Å². The first-order valence-corrected chi connectivity index (χ1v) is 10.5. The molecule has 0 radical (unpaired) electrons. The third kappa shape index (κ3) is 5.68. The topological polar surface area (TPSA) is 97.4 Å². The third-order valence-electron chi connectivity index (χ3n) is 4.42. The van der Waals surface area contributed by atoms with Crippen molar-refractivity contribution in [3.05, 3.63) is 48.8 Å². The van der Waals surface area contributed by atoms with Crippen molar-refractivity contribution in [2.45, 2.75) is 37.4 Å². The van der Waals surface area contributed by atoms with E-state index in [4.69, 9.17) is 4.74 Å². The van der Waals surface area contributed by atoms with Gasteiger partial charge in [-0.15, -0.1) is 0 Å². The number of hydrogen-bond donors (Lipinski definition) is 2. The van der Waals surface area contributed by atoms with E-state index in [1.54, 1.807) is 48.8 Å². The number of aromatic nitrogens is 1. The minimum absolute atomic E-state index is 0.179. The van der Waals surface area contributed by atoms with Crippen LogP contribution in [0.4, 0.5) is 11.4 Å². The predicted molar refractivity (Wildman–Crippen MR) is 104 cm³/mol. The molecule has 0 aliphatic heterocycles. The van der Waals surface area contributed by atoms with Crippen molar-refractivity contribution in [1.29, 1.82) is 0 Å². The molecule has 1 amide bonds. The molecular formula is C19H23N3O4S. The molecule has 0 saturated heterocycles. The fraction of sp³-hybridized carbons (Fsp3) is 0.368. The number of sulfonamides is 1. The van der Waals surface area contributed by atoms with Gasteiger partial charge in [0, 0.05) is 24.1 Å². The average molecular weight is 389 g/mol. The zero-order valence-electron chi connectivity index (χ0n) is 14.9. The van der Waals surface area contributed by atoms with E-state index in [0.29, 0.717) is 30.0 Å². The normalized spacial score (nSPS) is 15.1. The first-order chi connectivity index (χ1) is 13.0. The summed E-state index contributed by atoms with van der Waals surface area (Å²) in [5.74, 6) is 0.109. The van der Waals surface area contributed by atoms with Crippen LogP contribution >= 0.6 is 0 Å². The number of anilines is 2. The highest BCUT2D eigenvalue weighted by molar-refractivity contribution is 7.93. The van der Waals surface area contributed by atoms with E-state index >= 15 is 0 Å². The van der Waals surface area contributed by atoms with Crippen LogP contribution < -0.4 is 14.8 Å². The molecule has 0 bridgehead atoms. The Bertz CT molecular complexity index is 866. The number of carbonyl (C=O) groups is 1. The summed E-state index contributed by atoms with van der Waals surface area (Å²) >= 11 is 0. The standard InChI is InChI=1S/C19H23N3O4S/c23-19(21-15-9-11-20-12-10-15)14-26-17-6-4-5-16(13-17)22-27(24,25)18-7-2-1-3-8-18/h4-6,9-13,18,22H,1-3,7-8,14H2,(H,20,21,23). The highest BCUT2D eigenvalue weighted by Gasteiger charge is 2.27. The van der Waals surface area contributed by atoms with Gasteiger partial charge in [-0.3, -0.25) is 14.5 Å². The summed E-state index contributed by atoms with van der Waals surface area (Å²) in [6, 6.07) is 9.98. The lowest BCUT2D eigenvalue weighted by atomic mass is 10.0. The van der Waals surface area contributed by atoms with E-state index in [2.05, 4.69) is 15.0 Å². The molecule has 1 aliphatic rings. The molecule has 0 atom stereocenters. The quantitative estimate of drug-likeness (QED) is 0.758. The maximum absolute atomic E-state index is 12.5. The molecule has 1 fully saturated rings. The van der Waals surface area contributed by atoms with Gasteiger partial charge in [0.2, 0.25) is 10.0 Å². The van der Waals surface area contributed by atoms with Crippen LogP contribution in [-0.2, 0) is 14.8 Å². The fourth-order valence-electron chi connectivity index (χ4n) is 3.05. The van der Waals surface area contributed by atoms with E-state index in [1.807, 2.05) is 0 Å². The molecular weight excluding hydrogens is 366 g/mol. The Morgan fingerprint density at radius 2 is 1.81 bits per heavy atom. The molecule has 0 spiro atoms. The zero-order chi connectivity index (χ0) is 19.1. The molecule has 1 saturated carbocycles. The van der Waals surface area contributed by atoms with E-state index in [-0.39, 0.29) is 17.8 Å². The van der Waals surface area contributed by atoms with Crippen molar-refractivity contribution < 1.29 is 17.9 Å². The summed E-state index contributed by atoms with van der Waals surface area (Å²) < 4.78 is 33.1. The second kappa shape index (κ2) is 8.85. The summed E-state index contributed by atoms with van der Waals surface area (Å²) in [6.45, 7) is -0.179. The van der Waals surface area contributed by atoms with Crippen LogP contribution in [0.1, 0.15) is 32.1 Å². The van der Waals surface area contributed by atoms with Crippen molar-refractivity contribution in [3.63, 3.8) is 0 Å². The molecule has 0 unspecified atom stereocenters. The number of ether oxygens (including phenoxy) is 1. The summed E-state index contributed by atoms with van der Waals surface area (Å²) in [5, 5.41) is 2.35. The van der Waals surface area contributed by atoms with Gasteiger partial charge in [-0.1, -0.05) is 25.3 Å². The van der Waals surface area contributed by atoms with Gasteiger partial charge >= 0.3 is 0 Å². The Balaban J connectivity index is 1.56. The molecule has 1 aromatic heterocycles. The summed E-state index contributed by atoms with van der Waals surface area (Å²) in [5.41, 5.74) is 1.07. The molecule has 7 nitrogen and oxygen atoms in total. The van der Waals surface area contributed by atoms with Crippen molar-refractivity contribution in [2.75, 3.05) is 16.6 Å². The summed E-state index contributed by atoms with van der Waals surface area (Å²) in [7, 11) is -3.42.